The molecule has 5 nitrogen and oxygen atoms in total. The highest BCUT2D eigenvalue weighted by molar-refractivity contribution is 5.91. The number of carbonyl (C=O) groups is 2. The highest BCUT2D eigenvalue weighted by atomic mass is 16.2. The maximum Gasteiger partial charge on any atom is 0.315 e. The number of rotatable bonds is 2. The van der Waals surface area contributed by atoms with Crippen LogP contribution in [0, 0.1) is 0 Å². The molecule has 3 amide bonds. The molecule has 1 fully saturated rings. The quantitative estimate of drug-likeness (QED) is 0.780. The van der Waals surface area contributed by atoms with Gasteiger partial charge < -0.3 is 16.4 Å². The smallest absolute Gasteiger partial charge is 0.315 e. The van der Waals surface area contributed by atoms with Crippen molar-refractivity contribution in [2.24, 2.45) is 11.5 Å². The predicted octanol–water partition coefficient (Wildman–Crippen LogP) is 0.542. The fraction of sp³-hybridized carbons (Fsp3) is 0.333. The van der Waals surface area contributed by atoms with E-state index in [1.165, 1.54) is 4.90 Å². The van der Waals surface area contributed by atoms with Gasteiger partial charge in [-0.1, -0.05) is 30.3 Å². The third-order valence-corrected chi connectivity index (χ3v) is 3.31. The van der Waals surface area contributed by atoms with E-state index in [0.29, 0.717) is 13.0 Å². The van der Waals surface area contributed by atoms with Crippen molar-refractivity contribution >= 4 is 11.9 Å². The van der Waals surface area contributed by atoms with E-state index in [2.05, 4.69) is 0 Å². The molecule has 5 heteroatoms. The number of benzene rings is 1. The average molecular weight is 233 g/mol. The molecule has 1 aromatic rings. The summed E-state index contributed by atoms with van der Waals surface area (Å²) in [5.74, 6) is -0.528. The topological polar surface area (TPSA) is 89.4 Å². The van der Waals surface area contributed by atoms with Crippen LogP contribution in [0.1, 0.15) is 18.4 Å². The SMILES string of the molecule is NC(=O)N1CCCC1(C(N)=O)c1ccccc1. The number of amides is 3. The van der Waals surface area contributed by atoms with Gasteiger partial charge in [-0.25, -0.2) is 4.79 Å². The molecule has 1 atom stereocenters. The zero-order chi connectivity index (χ0) is 12.5. The molecule has 2 rings (SSSR count). The van der Waals surface area contributed by atoms with Crippen molar-refractivity contribution in [2.75, 3.05) is 6.54 Å². The Labute approximate surface area is 99.4 Å². The molecule has 17 heavy (non-hydrogen) atoms. The van der Waals surface area contributed by atoms with Gasteiger partial charge in [-0.2, -0.15) is 0 Å². The van der Waals surface area contributed by atoms with E-state index >= 15 is 0 Å². The van der Waals surface area contributed by atoms with Crippen LogP contribution in [-0.2, 0) is 10.3 Å². The van der Waals surface area contributed by atoms with Gasteiger partial charge in [0.25, 0.3) is 0 Å². The zero-order valence-corrected chi connectivity index (χ0v) is 9.43. The van der Waals surface area contributed by atoms with Crippen LogP contribution in [0.25, 0.3) is 0 Å². The van der Waals surface area contributed by atoms with Crippen LogP contribution in [0.3, 0.4) is 0 Å². The van der Waals surface area contributed by atoms with E-state index in [4.69, 9.17) is 11.5 Å². The molecule has 0 bridgehead atoms. The molecule has 4 N–H and O–H groups in total. The first-order valence-corrected chi connectivity index (χ1v) is 5.51. The lowest BCUT2D eigenvalue weighted by Gasteiger charge is -2.35. The Morgan fingerprint density at radius 3 is 2.35 bits per heavy atom. The summed E-state index contributed by atoms with van der Waals surface area (Å²) in [6.07, 6.45) is 1.25. The molecule has 0 aliphatic carbocycles. The summed E-state index contributed by atoms with van der Waals surface area (Å²) in [4.78, 5) is 24.6. The summed E-state index contributed by atoms with van der Waals surface area (Å²) in [5.41, 5.74) is 10.5. The number of urea groups is 1. The predicted molar refractivity (Wildman–Crippen MR) is 62.8 cm³/mol. The summed E-state index contributed by atoms with van der Waals surface area (Å²) < 4.78 is 0. The van der Waals surface area contributed by atoms with Gasteiger partial charge in [-0.15, -0.1) is 0 Å². The van der Waals surface area contributed by atoms with Gasteiger partial charge in [0.05, 0.1) is 0 Å². The minimum absolute atomic E-state index is 0.465. The summed E-state index contributed by atoms with van der Waals surface area (Å²) in [6.45, 7) is 0.465. The van der Waals surface area contributed by atoms with Crippen molar-refractivity contribution in [1.29, 1.82) is 0 Å². The maximum atomic E-state index is 11.8. The number of carbonyl (C=O) groups excluding carboxylic acids is 2. The first-order chi connectivity index (χ1) is 8.09. The van der Waals surface area contributed by atoms with E-state index < -0.39 is 17.5 Å². The first-order valence-electron chi connectivity index (χ1n) is 5.51. The Morgan fingerprint density at radius 2 is 1.82 bits per heavy atom. The number of nitrogens with zero attached hydrogens (tertiary/aromatic N) is 1. The van der Waals surface area contributed by atoms with Gasteiger partial charge in [0.1, 0.15) is 5.54 Å². The van der Waals surface area contributed by atoms with E-state index in [1.807, 2.05) is 18.2 Å². The number of nitrogens with two attached hydrogens (primary N) is 2. The normalized spacial score (nSPS) is 23.6. The lowest BCUT2D eigenvalue weighted by molar-refractivity contribution is -0.127. The Kier molecular flexibility index (Phi) is 2.75. The second-order valence-electron chi connectivity index (χ2n) is 4.18. The van der Waals surface area contributed by atoms with Crippen molar-refractivity contribution in [1.82, 2.24) is 4.90 Å². The van der Waals surface area contributed by atoms with Crippen molar-refractivity contribution < 1.29 is 9.59 Å². The third-order valence-electron chi connectivity index (χ3n) is 3.31. The van der Waals surface area contributed by atoms with E-state index in [-0.39, 0.29) is 0 Å². The van der Waals surface area contributed by atoms with E-state index in [1.54, 1.807) is 12.1 Å². The second kappa shape index (κ2) is 4.08. The second-order valence-corrected chi connectivity index (χ2v) is 4.18. The summed E-state index contributed by atoms with van der Waals surface area (Å²) in [5, 5.41) is 0. The van der Waals surface area contributed by atoms with Crippen LogP contribution in [0.15, 0.2) is 30.3 Å². The van der Waals surface area contributed by atoms with Crippen molar-refractivity contribution in [2.45, 2.75) is 18.4 Å². The Hall–Kier alpha value is -2.04. The molecule has 0 spiro atoms. The van der Waals surface area contributed by atoms with Gasteiger partial charge in [0.2, 0.25) is 5.91 Å². The van der Waals surface area contributed by atoms with Crippen LogP contribution in [-0.4, -0.2) is 23.4 Å². The fourth-order valence-electron chi connectivity index (χ4n) is 2.53. The molecule has 0 radical (unpaired) electrons. The fourth-order valence-corrected chi connectivity index (χ4v) is 2.53. The monoisotopic (exact) mass is 233 g/mol. The molecule has 1 unspecified atom stereocenters. The molecule has 1 heterocycles. The molecular weight excluding hydrogens is 218 g/mol. The average Bonchev–Trinajstić information content (AvgIpc) is 2.75. The highest BCUT2D eigenvalue weighted by Crippen LogP contribution is 2.38. The van der Waals surface area contributed by atoms with Gasteiger partial charge in [-0.3, -0.25) is 4.79 Å². The van der Waals surface area contributed by atoms with Crippen molar-refractivity contribution in [3.05, 3.63) is 35.9 Å². The van der Waals surface area contributed by atoms with Gasteiger partial charge in [-0.05, 0) is 18.4 Å². The standard InChI is InChI=1S/C12H15N3O2/c13-10(16)12(9-5-2-1-3-6-9)7-4-8-15(12)11(14)17/h1-3,5-6H,4,7-8H2,(H2,13,16)(H2,14,17). The minimum atomic E-state index is -1.08. The van der Waals surface area contributed by atoms with Crippen molar-refractivity contribution in [3.63, 3.8) is 0 Å². The largest absolute Gasteiger partial charge is 0.367 e. The van der Waals surface area contributed by atoms with Crippen LogP contribution in [0.2, 0.25) is 0 Å². The van der Waals surface area contributed by atoms with Gasteiger partial charge >= 0.3 is 6.03 Å². The van der Waals surface area contributed by atoms with Crippen LogP contribution in [0.4, 0.5) is 4.79 Å². The summed E-state index contributed by atoms with van der Waals surface area (Å²) >= 11 is 0. The van der Waals surface area contributed by atoms with Crippen LogP contribution in [0.5, 0.6) is 0 Å². The number of hydrogen-bond donors (Lipinski definition) is 2. The Morgan fingerprint density at radius 1 is 1.18 bits per heavy atom. The summed E-state index contributed by atoms with van der Waals surface area (Å²) in [6, 6.07) is 8.47. The number of likely N-dealkylation sites (tertiary alicyclic amines) is 1. The molecule has 1 aromatic carbocycles. The lowest BCUT2D eigenvalue weighted by Crippen LogP contribution is -2.55. The highest BCUT2D eigenvalue weighted by Gasteiger charge is 2.49. The molecule has 1 saturated heterocycles. The molecule has 1 aliphatic heterocycles. The van der Waals surface area contributed by atoms with E-state index in [9.17, 15) is 9.59 Å². The Balaban J connectivity index is 2.54. The van der Waals surface area contributed by atoms with Crippen LogP contribution < -0.4 is 11.5 Å². The van der Waals surface area contributed by atoms with Gasteiger partial charge in [0.15, 0.2) is 0 Å². The third kappa shape index (κ3) is 1.63. The molecule has 1 aliphatic rings. The Bertz CT molecular complexity index is 446. The van der Waals surface area contributed by atoms with Gasteiger partial charge in [0, 0.05) is 6.54 Å². The summed E-state index contributed by atoms with van der Waals surface area (Å²) in [7, 11) is 0. The first kappa shape index (κ1) is 11.4. The van der Waals surface area contributed by atoms with Crippen molar-refractivity contribution in [3.8, 4) is 0 Å². The molecule has 0 aromatic heterocycles. The van der Waals surface area contributed by atoms with E-state index in [0.717, 1.165) is 12.0 Å². The van der Waals surface area contributed by atoms with Crippen LogP contribution >= 0.6 is 0 Å². The molecule has 0 saturated carbocycles. The molecule has 90 valence electrons. The lowest BCUT2D eigenvalue weighted by atomic mass is 9.86. The minimum Gasteiger partial charge on any atom is -0.367 e. The zero-order valence-electron chi connectivity index (χ0n) is 9.43. The maximum absolute atomic E-state index is 11.8. The number of hydrogen-bond acceptors (Lipinski definition) is 2. The molecular formula is C12H15N3O2. The number of primary amides is 2.